The molecule has 0 radical (unpaired) electrons. The van der Waals surface area contributed by atoms with E-state index in [0.29, 0.717) is 30.1 Å². The van der Waals surface area contributed by atoms with E-state index in [0.717, 1.165) is 25.9 Å². The first kappa shape index (κ1) is 18.2. The largest absolute Gasteiger partial charge is 0.327 e. The number of nitro benzene ring substituents is 1. The molecule has 1 unspecified atom stereocenters. The van der Waals surface area contributed by atoms with Crippen molar-refractivity contribution in [2.24, 2.45) is 5.92 Å². The highest BCUT2D eigenvalue weighted by molar-refractivity contribution is 5.89. The number of amides is 2. The van der Waals surface area contributed by atoms with Crippen LogP contribution in [-0.4, -0.2) is 54.5 Å². The fraction of sp³-hybridized carbons (Fsp3) is 0.588. The van der Waals surface area contributed by atoms with Crippen LogP contribution >= 0.6 is 0 Å². The number of benzene rings is 1. The molecule has 2 amide bonds. The molecule has 1 aliphatic rings. The minimum Gasteiger partial charge on any atom is -0.327 e. The summed E-state index contributed by atoms with van der Waals surface area (Å²) in [6.07, 6.45) is 2.86. The van der Waals surface area contributed by atoms with Gasteiger partial charge in [-0.3, -0.25) is 10.1 Å². The molecule has 0 aromatic heterocycles. The van der Waals surface area contributed by atoms with Gasteiger partial charge < -0.3 is 15.1 Å². The van der Waals surface area contributed by atoms with E-state index < -0.39 is 4.92 Å². The van der Waals surface area contributed by atoms with E-state index in [1.165, 1.54) is 6.07 Å². The van der Waals surface area contributed by atoms with Gasteiger partial charge in [-0.25, -0.2) is 4.79 Å². The average molecular weight is 334 g/mol. The molecule has 1 saturated heterocycles. The first-order valence-corrected chi connectivity index (χ1v) is 8.38. The minimum absolute atomic E-state index is 0.0480. The quantitative estimate of drug-likeness (QED) is 0.663. The molecule has 1 aliphatic heterocycles. The first-order valence-electron chi connectivity index (χ1n) is 8.38. The number of nitro groups is 1. The zero-order valence-corrected chi connectivity index (χ0v) is 14.6. The number of piperidine rings is 1. The summed E-state index contributed by atoms with van der Waals surface area (Å²) in [5, 5.41) is 13.9. The van der Waals surface area contributed by atoms with Crippen LogP contribution in [0, 0.1) is 16.0 Å². The average Bonchev–Trinajstić information content (AvgIpc) is 2.54. The first-order chi connectivity index (χ1) is 11.4. The number of carbonyl (C=O) groups excluding carboxylic acids is 1. The fourth-order valence-corrected chi connectivity index (χ4v) is 3.22. The summed E-state index contributed by atoms with van der Waals surface area (Å²) >= 11 is 0. The summed E-state index contributed by atoms with van der Waals surface area (Å²) in [5.74, 6) is 0.469. The smallest absolute Gasteiger partial charge is 0.321 e. The highest BCUT2D eigenvalue weighted by Gasteiger charge is 2.21. The lowest BCUT2D eigenvalue weighted by Crippen LogP contribution is -2.41. The summed E-state index contributed by atoms with van der Waals surface area (Å²) in [6.45, 7) is 4.66. The maximum Gasteiger partial charge on any atom is 0.321 e. The molecule has 1 aromatic carbocycles. The molecule has 1 atom stereocenters. The van der Waals surface area contributed by atoms with Crippen molar-refractivity contribution in [1.82, 2.24) is 9.80 Å². The van der Waals surface area contributed by atoms with Crippen molar-refractivity contribution in [2.75, 3.05) is 39.0 Å². The SMILES string of the molecule is CCc1ccc(NC(=O)N(C)CC2CCCN(C)C2)cc1[N+](=O)[O-]. The predicted molar refractivity (Wildman–Crippen MR) is 94.3 cm³/mol. The van der Waals surface area contributed by atoms with Crippen molar-refractivity contribution in [3.05, 3.63) is 33.9 Å². The number of anilines is 1. The van der Waals surface area contributed by atoms with Crippen LogP contribution < -0.4 is 5.32 Å². The van der Waals surface area contributed by atoms with Crippen LogP contribution in [0.15, 0.2) is 18.2 Å². The van der Waals surface area contributed by atoms with Crippen LogP contribution in [0.5, 0.6) is 0 Å². The second-order valence-corrected chi connectivity index (χ2v) is 6.54. The Morgan fingerprint density at radius 2 is 2.25 bits per heavy atom. The monoisotopic (exact) mass is 334 g/mol. The molecule has 0 spiro atoms. The van der Waals surface area contributed by atoms with Crippen LogP contribution in [0.2, 0.25) is 0 Å². The van der Waals surface area contributed by atoms with Crippen molar-refractivity contribution >= 4 is 17.4 Å². The molecule has 24 heavy (non-hydrogen) atoms. The van der Waals surface area contributed by atoms with Gasteiger partial charge in [0.1, 0.15) is 0 Å². The van der Waals surface area contributed by atoms with E-state index in [9.17, 15) is 14.9 Å². The van der Waals surface area contributed by atoms with Crippen LogP contribution in [0.4, 0.5) is 16.2 Å². The van der Waals surface area contributed by atoms with E-state index in [2.05, 4.69) is 17.3 Å². The maximum atomic E-state index is 12.3. The van der Waals surface area contributed by atoms with E-state index in [1.54, 1.807) is 24.1 Å². The van der Waals surface area contributed by atoms with Gasteiger partial charge in [-0.05, 0) is 44.8 Å². The Morgan fingerprint density at radius 1 is 1.50 bits per heavy atom. The molecule has 7 heteroatoms. The number of rotatable bonds is 5. The van der Waals surface area contributed by atoms with Crippen molar-refractivity contribution in [3.8, 4) is 0 Å². The Morgan fingerprint density at radius 3 is 2.88 bits per heavy atom. The Bertz CT molecular complexity index is 605. The molecule has 1 fully saturated rings. The molecule has 1 heterocycles. The molecular formula is C17H26N4O3. The molecular weight excluding hydrogens is 308 g/mol. The Balaban J connectivity index is 1.98. The molecule has 7 nitrogen and oxygen atoms in total. The summed E-state index contributed by atoms with van der Waals surface area (Å²) < 4.78 is 0. The van der Waals surface area contributed by atoms with Gasteiger partial charge in [-0.1, -0.05) is 13.0 Å². The molecule has 0 saturated carbocycles. The van der Waals surface area contributed by atoms with Crippen molar-refractivity contribution in [3.63, 3.8) is 0 Å². The van der Waals surface area contributed by atoms with Gasteiger partial charge in [-0.2, -0.15) is 0 Å². The normalized spacial score (nSPS) is 18.2. The Kier molecular flexibility index (Phi) is 6.14. The van der Waals surface area contributed by atoms with E-state index in [-0.39, 0.29) is 11.7 Å². The zero-order chi connectivity index (χ0) is 17.7. The number of urea groups is 1. The van der Waals surface area contributed by atoms with Crippen LogP contribution in [-0.2, 0) is 6.42 Å². The number of hydrogen-bond donors (Lipinski definition) is 1. The van der Waals surface area contributed by atoms with Crippen molar-refractivity contribution in [2.45, 2.75) is 26.2 Å². The number of carbonyl (C=O) groups is 1. The van der Waals surface area contributed by atoms with Crippen LogP contribution in [0.1, 0.15) is 25.3 Å². The number of nitrogens with zero attached hydrogens (tertiary/aromatic N) is 3. The van der Waals surface area contributed by atoms with Gasteiger partial charge in [0.2, 0.25) is 0 Å². The summed E-state index contributed by atoms with van der Waals surface area (Å²) in [7, 11) is 3.86. The van der Waals surface area contributed by atoms with Gasteiger partial charge in [-0.15, -0.1) is 0 Å². The number of nitrogens with one attached hydrogen (secondary N) is 1. The van der Waals surface area contributed by atoms with Gasteiger partial charge in [0.05, 0.1) is 4.92 Å². The van der Waals surface area contributed by atoms with Gasteiger partial charge in [0, 0.05) is 37.5 Å². The lowest BCUT2D eigenvalue weighted by molar-refractivity contribution is -0.385. The molecule has 132 valence electrons. The zero-order valence-electron chi connectivity index (χ0n) is 14.6. The molecule has 0 bridgehead atoms. The highest BCUT2D eigenvalue weighted by atomic mass is 16.6. The van der Waals surface area contributed by atoms with E-state index >= 15 is 0 Å². The highest BCUT2D eigenvalue weighted by Crippen LogP contribution is 2.24. The van der Waals surface area contributed by atoms with E-state index in [4.69, 9.17) is 0 Å². The fourth-order valence-electron chi connectivity index (χ4n) is 3.22. The molecule has 0 aliphatic carbocycles. The van der Waals surface area contributed by atoms with E-state index in [1.807, 2.05) is 6.92 Å². The number of likely N-dealkylation sites (tertiary alicyclic amines) is 1. The summed E-state index contributed by atoms with van der Waals surface area (Å²) in [4.78, 5) is 27.0. The van der Waals surface area contributed by atoms with Gasteiger partial charge in [0.25, 0.3) is 5.69 Å². The van der Waals surface area contributed by atoms with Crippen molar-refractivity contribution in [1.29, 1.82) is 0 Å². The Labute approximate surface area is 142 Å². The third-order valence-corrected chi connectivity index (χ3v) is 4.52. The van der Waals surface area contributed by atoms with Crippen LogP contribution in [0.3, 0.4) is 0 Å². The molecule has 1 aromatic rings. The van der Waals surface area contributed by atoms with Crippen LogP contribution in [0.25, 0.3) is 0 Å². The lowest BCUT2D eigenvalue weighted by Gasteiger charge is -2.32. The Hall–Kier alpha value is -2.15. The predicted octanol–water partition coefficient (Wildman–Crippen LogP) is 2.96. The standard InChI is InChI=1S/C17H26N4O3/c1-4-14-7-8-15(10-16(14)21(23)24)18-17(22)20(3)12-13-6-5-9-19(2)11-13/h7-8,10,13H,4-6,9,11-12H2,1-3H3,(H,18,22). The third-order valence-electron chi connectivity index (χ3n) is 4.52. The van der Waals surface area contributed by atoms with Gasteiger partial charge >= 0.3 is 6.03 Å². The second-order valence-electron chi connectivity index (χ2n) is 6.54. The minimum atomic E-state index is -0.407. The molecule has 1 N–H and O–H groups in total. The summed E-state index contributed by atoms with van der Waals surface area (Å²) in [6, 6.07) is 4.61. The lowest BCUT2D eigenvalue weighted by atomic mass is 9.98. The van der Waals surface area contributed by atoms with Crippen molar-refractivity contribution < 1.29 is 9.72 Å². The maximum absolute atomic E-state index is 12.3. The number of hydrogen-bond acceptors (Lipinski definition) is 4. The second kappa shape index (κ2) is 8.10. The topological polar surface area (TPSA) is 78.7 Å². The number of aryl methyl sites for hydroxylation is 1. The summed E-state index contributed by atoms with van der Waals surface area (Å²) in [5.41, 5.74) is 1.17. The third kappa shape index (κ3) is 4.67. The molecule has 2 rings (SSSR count). The van der Waals surface area contributed by atoms with Gasteiger partial charge in [0.15, 0.2) is 0 Å².